The molecule has 2 aliphatic rings. The van der Waals surface area contributed by atoms with Crippen LogP contribution in [-0.2, 0) is 14.3 Å². The summed E-state index contributed by atoms with van der Waals surface area (Å²) in [4.78, 5) is 34.1. The van der Waals surface area contributed by atoms with Crippen LogP contribution in [0.15, 0.2) is 11.8 Å². The lowest BCUT2D eigenvalue weighted by Gasteiger charge is -2.17. The van der Waals surface area contributed by atoms with Gasteiger partial charge in [-0.25, -0.2) is 4.39 Å². The fraction of sp³-hybridized carbons (Fsp3) is 0.471. The second kappa shape index (κ2) is 7.50. The van der Waals surface area contributed by atoms with Crippen LogP contribution in [0.4, 0.5) is 16.3 Å². The highest BCUT2D eigenvalue weighted by Crippen LogP contribution is 2.24. The molecule has 0 saturated carbocycles. The zero-order valence-electron chi connectivity index (χ0n) is 15.3. The van der Waals surface area contributed by atoms with Gasteiger partial charge < -0.3 is 15.0 Å². The molecule has 0 unspecified atom stereocenters. The molecule has 148 valence electrons. The van der Waals surface area contributed by atoms with Gasteiger partial charge in [0.15, 0.2) is 5.65 Å². The molecular weight excluding hydrogens is 369 g/mol. The van der Waals surface area contributed by atoms with Crippen molar-refractivity contribution in [1.29, 1.82) is 0 Å². The number of methoxy groups -OCH3 is 1. The second-order valence-corrected chi connectivity index (χ2v) is 6.66. The van der Waals surface area contributed by atoms with Crippen LogP contribution in [0.3, 0.4) is 0 Å². The third kappa shape index (κ3) is 3.52. The number of nitrogens with one attached hydrogen (secondary N) is 2. The minimum Gasteiger partial charge on any atom is -0.383 e. The van der Waals surface area contributed by atoms with Gasteiger partial charge in [-0.1, -0.05) is 0 Å². The first-order chi connectivity index (χ1) is 13.5. The zero-order valence-corrected chi connectivity index (χ0v) is 15.3. The Hall–Kier alpha value is -3.08. The number of fused-ring (bicyclic) bond motifs is 1. The molecule has 2 aromatic rings. The summed E-state index contributed by atoms with van der Waals surface area (Å²) >= 11 is 0. The van der Waals surface area contributed by atoms with Crippen LogP contribution in [0.5, 0.6) is 0 Å². The van der Waals surface area contributed by atoms with E-state index < -0.39 is 12.1 Å². The van der Waals surface area contributed by atoms with Crippen molar-refractivity contribution in [3.8, 4) is 0 Å². The van der Waals surface area contributed by atoms with Gasteiger partial charge in [-0.05, 0) is 12.5 Å². The van der Waals surface area contributed by atoms with Gasteiger partial charge in [0, 0.05) is 31.3 Å². The molecule has 10 nitrogen and oxygen atoms in total. The molecule has 0 bridgehead atoms. The molecule has 2 N–H and O–H groups in total. The number of imide groups is 1. The zero-order chi connectivity index (χ0) is 19.7. The van der Waals surface area contributed by atoms with E-state index in [9.17, 15) is 14.0 Å². The van der Waals surface area contributed by atoms with Crippen molar-refractivity contribution < 1.29 is 18.7 Å². The number of hydrogen-bond acceptors (Lipinski definition) is 8. The Kier molecular flexibility index (Phi) is 4.90. The van der Waals surface area contributed by atoms with Gasteiger partial charge in [-0.2, -0.15) is 19.6 Å². The Balaban J connectivity index is 1.75. The number of rotatable bonds is 6. The molecule has 2 aromatic heterocycles. The Labute approximate surface area is 159 Å². The van der Waals surface area contributed by atoms with E-state index in [0.29, 0.717) is 54.8 Å². The van der Waals surface area contributed by atoms with E-state index in [1.807, 2.05) is 0 Å². The van der Waals surface area contributed by atoms with Gasteiger partial charge in [0.1, 0.15) is 6.17 Å². The van der Waals surface area contributed by atoms with Gasteiger partial charge in [0.2, 0.25) is 17.8 Å². The normalized spacial score (nSPS) is 21.1. The second-order valence-electron chi connectivity index (χ2n) is 6.66. The quantitative estimate of drug-likeness (QED) is 0.408. The molecular formula is C17H20FN7O3. The summed E-state index contributed by atoms with van der Waals surface area (Å²) in [6, 6.07) is 0. The Morgan fingerprint density at radius 1 is 1.43 bits per heavy atom. The predicted molar refractivity (Wildman–Crippen MR) is 98.6 cm³/mol. The van der Waals surface area contributed by atoms with Gasteiger partial charge in [-0.3, -0.25) is 14.9 Å². The molecule has 4 heterocycles. The van der Waals surface area contributed by atoms with E-state index in [1.54, 1.807) is 24.3 Å². The van der Waals surface area contributed by atoms with Crippen LogP contribution in [0.2, 0.25) is 0 Å². The summed E-state index contributed by atoms with van der Waals surface area (Å²) in [6.45, 7) is 1.73. The minimum absolute atomic E-state index is 0.0166. The number of ether oxygens (including phenoxy) is 1. The van der Waals surface area contributed by atoms with E-state index in [2.05, 4.69) is 25.7 Å². The monoisotopic (exact) mass is 389 g/mol. The van der Waals surface area contributed by atoms with Gasteiger partial charge in [0.25, 0.3) is 5.91 Å². The number of carbonyl (C=O) groups is 2. The summed E-state index contributed by atoms with van der Waals surface area (Å²) in [6.07, 6.45) is 2.69. The summed E-state index contributed by atoms with van der Waals surface area (Å²) in [5, 5.41) is 9.69. The fourth-order valence-corrected chi connectivity index (χ4v) is 3.21. The maximum Gasteiger partial charge on any atom is 0.254 e. The highest BCUT2D eigenvalue weighted by molar-refractivity contribution is 6.15. The lowest BCUT2D eigenvalue weighted by Crippen LogP contribution is -2.24. The molecule has 0 aromatic carbocycles. The van der Waals surface area contributed by atoms with Crippen LogP contribution in [0.25, 0.3) is 11.7 Å². The highest BCUT2D eigenvalue weighted by atomic mass is 19.1. The number of anilines is 2. The molecule has 11 heteroatoms. The number of halogens is 1. The predicted octanol–water partition coefficient (Wildman–Crippen LogP) is 0.161. The van der Waals surface area contributed by atoms with Crippen LogP contribution in [-0.4, -0.2) is 70.9 Å². The molecule has 0 spiro atoms. The van der Waals surface area contributed by atoms with Crippen molar-refractivity contribution in [1.82, 2.24) is 24.9 Å². The molecule has 0 aliphatic carbocycles. The van der Waals surface area contributed by atoms with E-state index >= 15 is 0 Å². The van der Waals surface area contributed by atoms with E-state index in [4.69, 9.17) is 4.74 Å². The molecule has 1 atom stereocenters. The van der Waals surface area contributed by atoms with Crippen LogP contribution < -0.4 is 15.5 Å². The molecule has 4 rings (SSSR count). The first kappa shape index (κ1) is 18.3. The minimum atomic E-state index is -0.913. The molecule has 0 radical (unpaired) electrons. The van der Waals surface area contributed by atoms with Crippen molar-refractivity contribution in [3.05, 3.63) is 17.3 Å². The van der Waals surface area contributed by atoms with Gasteiger partial charge >= 0.3 is 0 Å². The number of hydrogen-bond donors (Lipinski definition) is 2. The number of aromatic nitrogens is 4. The average Bonchev–Trinajstić information content (AvgIpc) is 3.35. The van der Waals surface area contributed by atoms with E-state index in [0.717, 1.165) is 0 Å². The Morgan fingerprint density at radius 2 is 2.29 bits per heavy atom. The van der Waals surface area contributed by atoms with Crippen LogP contribution >= 0.6 is 0 Å². The van der Waals surface area contributed by atoms with E-state index in [-0.39, 0.29) is 18.9 Å². The first-order valence-electron chi connectivity index (χ1n) is 8.97. The summed E-state index contributed by atoms with van der Waals surface area (Å²) < 4.78 is 20.2. The van der Waals surface area contributed by atoms with Gasteiger partial charge in [0.05, 0.1) is 25.8 Å². The maximum absolute atomic E-state index is 13.7. The summed E-state index contributed by atoms with van der Waals surface area (Å²) in [5.41, 5.74) is 1.39. The molecule has 28 heavy (non-hydrogen) atoms. The van der Waals surface area contributed by atoms with Crippen molar-refractivity contribution in [2.75, 3.05) is 43.6 Å². The topological polar surface area (TPSA) is 114 Å². The number of amides is 2. The third-order valence-corrected chi connectivity index (χ3v) is 4.61. The van der Waals surface area contributed by atoms with Crippen molar-refractivity contribution in [2.24, 2.45) is 0 Å². The lowest BCUT2D eigenvalue weighted by atomic mass is 10.1. The Morgan fingerprint density at radius 3 is 2.96 bits per heavy atom. The first-order valence-corrected chi connectivity index (χ1v) is 8.97. The Bertz CT molecular complexity index is 958. The van der Waals surface area contributed by atoms with Gasteiger partial charge in [-0.15, -0.1) is 0 Å². The standard InChI is InChI=1S/C17H20FN7O3/c1-28-5-3-19-16-23-17(24-4-2-12(18)9-24)22-14-11(8-20-25(14)16)6-10-7-13(26)21-15(10)27/h6,8,12H,2-5,7,9H2,1H3,(H,19,22,23)(H,21,26,27)/b10-6+/t12-/m0/s1. The van der Waals surface area contributed by atoms with Crippen molar-refractivity contribution >= 4 is 35.4 Å². The summed E-state index contributed by atoms with van der Waals surface area (Å²) in [5.74, 6) is 0.0727. The van der Waals surface area contributed by atoms with Crippen molar-refractivity contribution in [3.63, 3.8) is 0 Å². The smallest absolute Gasteiger partial charge is 0.254 e. The van der Waals surface area contributed by atoms with Crippen molar-refractivity contribution in [2.45, 2.75) is 19.0 Å². The molecule has 2 saturated heterocycles. The molecule has 2 amide bonds. The highest BCUT2D eigenvalue weighted by Gasteiger charge is 2.27. The SMILES string of the molecule is COCCNc1nc(N2CC[C@H](F)C2)nc2c(/C=C3\CC(=O)NC3=O)cnn12. The average molecular weight is 389 g/mol. The summed E-state index contributed by atoms with van der Waals surface area (Å²) in [7, 11) is 1.60. The number of nitrogens with zero attached hydrogens (tertiary/aromatic N) is 5. The maximum atomic E-state index is 13.7. The number of carbonyl (C=O) groups excluding carboxylic acids is 2. The largest absolute Gasteiger partial charge is 0.383 e. The molecule has 2 aliphatic heterocycles. The van der Waals surface area contributed by atoms with Crippen LogP contribution in [0, 0.1) is 0 Å². The number of alkyl halides is 1. The third-order valence-electron chi connectivity index (χ3n) is 4.61. The van der Waals surface area contributed by atoms with Crippen LogP contribution in [0.1, 0.15) is 18.4 Å². The van der Waals surface area contributed by atoms with E-state index in [1.165, 1.54) is 4.52 Å². The fourth-order valence-electron chi connectivity index (χ4n) is 3.21. The lowest BCUT2D eigenvalue weighted by molar-refractivity contribution is -0.124. The molecule has 2 fully saturated rings.